The predicted molar refractivity (Wildman–Crippen MR) is 111 cm³/mol. The molecule has 0 radical (unpaired) electrons. The van der Waals surface area contributed by atoms with Gasteiger partial charge in [-0.3, -0.25) is 9.69 Å². The molecule has 2 saturated heterocycles. The van der Waals surface area contributed by atoms with Gasteiger partial charge in [-0.1, -0.05) is 48.5 Å². The van der Waals surface area contributed by atoms with Crippen molar-refractivity contribution in [2.45, 2.75) is 22.6 Å². The largest absolute Gasteiger partial charge is 0.340 e. The molecule has 2 atom stereocenters. The molecule has 2 heterocycles. The Hall–Kier alpha value is -1.82. The summed E-state index contributed by atoms with van der Waals surface area (Å²) in [6, 6.07) is 21.0. The van der Waals surface area contributed by atoms with Crippen LogP contribution in [0.5, 0.6) is 0 Å². The molecule has 1 amide bonds. The summed E-state index contributed by atoms with van der Waals surface area (Å²) in [6.07, 6.45) is 1.09. The summed E-state index contributed by atoms with van der Waals surface area (Å²) in [5.41, 5.74) is 1.09. The average molecular weight is 382 g/mol. The van der Waals surface area contributed by atoms with E-state index in [0.29, 0.717) is 6.04 Å². The fourth-order valence-corrected chi connectivity index (χ4v) is 5.11. The molecule has 27 heavy (non-hydrogen) atoms. The average Bonchev–Trinajstić information content (AvgIpc) is 3.24. The van der Waals surface area contributed by atoms with Gasteiger partial charge in [0.1, 0.15) is 5.25 Å². The zero-order valence-corrected chi connectivity index (χ0v) is 16.4. The summed E-state index contributed by atoms with van der Waals surface area (Å²) in [5, 5.41) is 3.23. The molecule has 2 aromatic rings. The third kappa shape index (κ3) is 4.54. The first-order chi connectivity index (χ1) is 13.3. The molecule has 0 bridgehead atoms. The number of piperazine rings is 1. The number of nitrogens with zero attached hydrogens (tertiary/aromatic N) is 2. The van der Waals surface area contributed by atoms with Gasteiger partial charge in [-0.15, -0.1) is 11.8 Å². The molecule has 4 rings (SSSR count). The lowest BCUT2D eigenvalue weighted by atomic mass is 10.1. The van der Waals surface area contributed by atoms with E-state index in [1.54, 1.807) is 11.8 Å². The molecule has 2 fully saturated rings. The Balaban J connectivity index is 1.49. The van der Waals surface area contributed by atoms with Crippen LogP contribution in [-0.2, 0) is 4.79 Å². The lowest BCUT2D eigenvalue weighted by Gasteiger charge is -2.32. The van der Waals surface area contributed by atoms with Crippen molar-refractivity contribution >= 4 is 17.7 Å². The minimum atomic E-state index is -0.185. The topological polar surface area (TPSA) is 35.6 Å². The molecule has 142 valence electrons. The van der Waals surface area contributed by atoms with Crippen molar-refractivity contribution in [3.8, 4) is 0 Å². The molecule has 2 aliphatic heterocycles. The van der Waals surface area contributed by atoms with Crippen LogP contribution < -0.4 is 5.32 Å². The lowest BCUT2D eigenvalue weighted by molar-refractivity contribution is -0.129. The number of nitrogens with one attached hydrogen (secondary N) is 1. The third-order valence-electron chi connectivity index (χ3n) is 5.47. The van der Waals surface area contributed by atoms with Gasteiger partial charge < -0.3 is 10.2 Å². The molecule has 0 saturated carbocycles. The number of benzene rings is 2. The van der Waals surface area contributed by atoms with Gasteiger partial charge in [0.25, 0.3) is 0 Å². The molecule has 2 aromatic carbocycles. The molecule has 0 aliphatic carbocycles. The fourth-order valence-electron chi connectivity index (χ4n) is 3.98. The van der Waals surface area contributed by atoms with Gasteiger partial charge in [0, 0.05) is 50.2 Å². The summed E-state index contributed by atoms with van der Waals surface area (Å²) >= 11 is 1.66. The molecule has 5 heteroatoms. The fraction of sp³-hybridized carbons (Fsp3) is 0.409. The number of amides is 1. The second-order valence-electron chi connectivity index (χ2n) is 7.23. The Morgan fingerprint density at radius 2 is 1.63 bits per heavy atom. The number of carbonyl (C=O) groups is 1. The molecular weight excluding hydrogens is 354 g/mol. The van der Waals surface area contributed by atoms with Crippen molar-refractivity contribution in [2.75, 3.05) is 39.3 Å². The molecule has 2 unspecified atom stereocenters. The molecule has 1 N–H and O–H groups in total. The number of carbonyl (C=O) groups excluding carboxylic acids is 1. The third-order valence-corrected chi connectivity index (χ3v) is 6.72. The Morgan fingerprint density at radius 1 is 0.963 bits per heavy atom. The highest BCUT2D eigenvalue weighted by Crippen LogP contribution is 2.37. The highest BCUT2D eigenvalue weighted by Gasteiger charge is 2.34. The van der Waals surface area contributed by atoms with Crippen LogP contribution in [0.2, 0.25) is 0 Å². The molecular formula is C22H27N3OS. The maximum atomic E-state index is 13.5. The minimum absolute atomic E-state index is 0.185. The minimum Gasteiger partial charge on any atom is -0.340 e. The lowest BCUT2D eigenvalue weighted by Crippen LogP contribution is -2.49. The summed E-state index contributed by atoms with van der Waals surface area (Å²) < 4.78 is 0. The van der Waals surface area contributed by atoms with E-state index >= 15 is 0 Å². The predicted octanol–water partition coefficient (Wildman–Crippen LogP) is 3.03. The van der Waals surface area contributed by atoms with Crippen molar-refractivity contribution in [1.82, 2.24) is 15.1 Å². The van der Waals surface area contributed by atoms with Crippen molar-refractivity contribution < 1.29 is 4.79 Å². The highest BCUT2D eigenvalue weighted by molar-refractivity contribution is 8.00. The first kappa shape index (κ1) is 18.5. The van der Waals surface area contributed by atoms with E-state index in [2.05, 4.69) is 39.4 Å². The van der Waals surface area contributed by atoms with Gasteiger partial charge in [0.15, 0.2) is 0 Å². The summed E-state index contributed by atoms with van der Waals surface area (Å²) in [5.74, 6) is 0.243. The monoisotopic (exact) mass is 381 g/mol. The van der Waals surface area contributed by atoms with Crippen molar-refractivity contribution in [3.63, 3.8) is 0 Å². The quantitative estimate of drug-likeness (QED) is 0.808. The number of rotatable bonds is 5. The van der Waals surface area contributed by atoms with Crippen LogP contribution in [0.3, 0.4) is 0 Å². The molecule has 0 spiro atoms. The first-order valence-corrected chi connectivity index (χ1v) is 10.7. The number of hydrogen-bond acceptors (Lipinski definition) is 4. The van der Waals surface area contributed by atoms with Gasteiger partial charge in [-0.05, 0) is 24.1 Å². The van der Waals surface area contributed by atoms with E-state index in [1.165, 1.54) is 0 Å². The van der Waals surface area contributed by atoms with E-state index in [9.17, 15) is 4.79 Å². The Morgan fingerprint density at radius 3 is 2.33 bits per heavy atom. The Bertz CT molecular complexity index is 734. The van der Waals surface area contributed by atoms with Crippen molar-refractivity contribution in [2.24, 2.45) is 0 Å². The standard InChI is InChI=1S/C22H27N3OS/c26-22(25-14-11-19(17-25)24-15-12-23-13-16-24)21(18-7-3-1-4-8-18)27-20-9-5-2-6-10-20/h1-10,19,21,23H,11-17H2. The normalized spacial score (nSPS) is 21.9. The SMILES string of the molecule is O=C(C(Sc1ccccc1)c1ccccc1)N1CCC(N2CCNCC2)C1. The van der Waals surface area contributed by atoms with Crippen LogP contribution in [-0.4, -0.2) is 61.0 Å². The van der Waals surface area contributed by atoms with Gasteiger partial charge in [0.05, 0.1) is 0 Å². The van der Waals surface area contributed by atoms with E-state index in [1.807, 2.05) is 36.4 Å². The van der Waals surface area contributed by atoms with Crippen molar-refractivity contribution in [1.29, 1.82) is 0 Å². The van der Waals surface area contributed by atoms with Gasteiger partial charge in [-0.2, -0.15) is 0 Å². The molecule has 4 nitrogen and oxygen atoms in total. The van der Waals surface area contributed by atoms with Crippen LogP contribution >= 0.6 is 11.8 Å². The van der Waals surface area contributed by atoms with Gasteiger partial charge in [-0.25, -0.2) is 0 Å². The van der Waals surface area contributed by atoms with E-state index in [-0.39, 0.29) is 11.2 Å². The maximum absolute atomic E-state index is 13.5. The number of likely N-dealkylation sites (tertiary alicyclic amines) is 1. The Kier molecular flexibility index (Phi) is 6.12. The van der Waals surface area contributed by atoms with E-state index in [4.69, 9.17) is 0 Å². The Labute approximate surface area is 165 Å². The molecule has 0 aromatic heterocycles. The van der Waals surface area contributed by atoms with E-state index < -0.39 is 0 Å². The number of thioether (sulfide) groups is 1. The van der Waals surface area contributed by atoms with Crippen LogP contribution in [0.15, 0.2) is 65.6 Å². The second-order valence-corrected chi connectivity index (χ2v) is 8.41. The number of hydrogen-bond donors (Lipinski definition) is 1. The zero-order chi connectivity index (χ0) is 18.5. The second kappa shape index (κ2) is 8.91. The summed E-state index contributed by atoms with van der Waals surface area (Å²) in [6.45, 7) is 6.02. The van der Waals surface area contributed by atoms with Crippen LogP contribution in [0.25, 0.3) is 0 Å². The molecule has 2 aliphatic rings. The van der Waals surface area contributed by atoms with Gasteiger partial charge >= 0.3 is 0 Å². The maximum Gasteiger partial charge on any atom is 0.240 e. The van der Waals surface area contributed by atoms with Crippen molar-refractivity contribution in [3.05, 3.63) is 66.2 Å². The van der Waals surface area contributed by atoms with Crippen LogP contribution in [0.1, 0.15) is 17.2 Å². The summed E-state index contributed by atoms with van der Waals surface area (Å²) in [7, 11) is 0. The summed E-state index contributed by atoms with van der Waals surface area (Å²) in [4.78, 5) is 19.2. The smallest absolute Gasteiger partial charge is 0.240 e. The highest BCUT2D eigenvalue weighted by atomic mass is 32.2. The zero-order valence-electron chi connectivity index (χ0n) is 15.6. The first-order valence-electron chi connectivity index (χ1n) is 9.81. The van der Waals surface area contributed by atoms with E-state index in [0.717, 1.165) is 56.1 Å². The van der Waals surface area contributed by atoms with Crippen LogP contribution in [0.4, 0.5) is 0 Å². The van der Waals surface area contributed by atoms with Crippen LogP contribution in [0, 0.1) is 0 Å². The van der Waals surface area contributed by atoms with Gasteiger partial charge in [0.2, 0.25) is 5.91 Å².